The summed E-state index contributed by atoms with van der Waals surface area (Å²) in [5, 5.41) is 7.20. The van der Waals surface area contributed by atoms with Gasteiger partial charge in [0.1, 0.15) is 17.7 Å². The number of carbonyl (C=O) groups excluding carboxylic acids is 1. The van der Waals surface area contributed by atoms with Crippen LogP contribution in [0.2, 0.25) is 0 Å². The molecule has 3 aromatic heterocycles. The molecule has 1 aliphatic rings. The highest BCUT2D eigenvalue weighted by atomic mass is 16.6. The summed E-state index contributed by atoms with van der Waals surface area (Å²) < 4.78 is 12.9. The van der Waals surface area contributed by atoms with Crippen molar-refractivity contribution in [3.05, 3.63) is 41.4 Å². The molecule has 9 heteroatoms. The summed E-state index contributed by atoms with van der Waals surface area (Å²) in [5.74, 6) is 2.48. The third-order valence-corrected chi connectivity index (χ3v) is 4.75. The molecule has 4 heterocycles. The van der Waals surface area contributed by atoms with E-state index in [1.807, 2.05) is 40.0 Å². The van der Waals surface area contributed by atoms with Gasteiger partial charge in [-0.25, -0.2) is 19.4 Å². The van der Waals surface area contributed by atoms with Gasteiger partial charge in [-0.3, -0.25) is 5.32 Å². The van der Waals surface area contributed by atoms with Crippen LogP contribution in [0.15, 0.2) is 28.7 Å². The van der Waals surface area contributed by atoms with Crippen LogP contribution in [-0.2, 0) is 4.74 Å². The molecule has 9 nitrogen and oxygen atoms in total. The monoisotopic (exact) mass is 396 g/mol. The van der Waals surface area contributed by atoms with Crippen LogP contribution in [0, 0.1) is 20.8 Å². The van der Waals surface area contributed by atoms with Gasteiger partial charge in [-0.05, 0) is 52.4 Å². The molecule has 1 amide bonds. The van der Waals surface area contributed by atoms with Crippen molar-refractivity contribution in [2.24, 2.45) is 0 Å². The molecule has 0 saturated carbocycles. The first-order valence-corrected chi connectivity index (χ1v) is 9.53. The maximum atomic E-state index is 12.4. The van der Waals surface area contributed by atoms with E-state index in [0.29, 0.717) is 23.2 Å². The van der Waals surface area contributed by atoms with Crippen LogP contribution in [0.25, 0.3) is 17.4 Å². The van der Waals surface area contributed by atoms with E-state index in [0.717, 1.165) is 36.7 Å². The molecule has 1 atom stereocenters. The first-order valence-electron chi connectivity index (χ1n) is 9.53. The van der Waals surface area contributed by atoms with Crippen molar-refractivity contribution >= 4 is 11.9 Å². The second kappa shape index (κ2) is 7.67. The lowest BCUT2D eigenvalue weighted by molar-refractivity contribution is 0.115. The number of nitrogens with zero attached hydrogens (tertiary/aromatic N) is 5. The number of aryl methyl sites for hydroxylation is 3. The fourth-order valence-corrected chi connectivity index (χ4v) is 3.41. The Morgan fingerprint density at radius 3 is 2.69 bits per heavy atom. The molecular formula is C20H24N6O3. The van der Waals surface area contributed by atoms with Crippen molar-refractivity contribution in [3.8, 4) is 17.4 Å². The Labute approximate surface area is 168 Å². The molecule has 4 rings (SSSR count). The minimum atomic E-state index is -0.537. The predicted molar refractivity (Wildman–Crippen MR) is 107 cm³/mol. The maximum absolute atomic E-state index is 12.4. The number of ether oxygens (including phenoxy) is 1. The van der Waals surface area contributed by atoms with Crippen LogP contribution >= 0.6 is 0 Å². The van der Waals surface area contributed by atoms with Crippen molar-refractivity contribution in [1.82, 2.24) is 24.6 Å². The summed E-state index contributed by atoms with van der Waals surface area (Å²) in [5.41, 5.74) is 1.79. The van der Waals surface area contributed by atoms with Crippen molar-refractivity contribution in [1.29, 1.82) is 0 Å². The number of nitrogens with one attached hydrogen (secondary N) is 1. The van der Waals surface area contributed by atoms with Gasteiger partial charge in [0.2, 0.25) is 0 Å². The van der Waals surface area contributed by atoms with E-state index in [9.17, 15) is 4.79 Å². The Morgan fingerprint density at radius 2 is 2.07 bits per heavy atom. The lowest BCUT2D eigenvalue weighted by atomic mass is 10.3. The molecule has 0 unspecified atom stereocenters. The second-order valence-electron chi connectivity index (χ2n) is 7.39. The van der Waals surface area contributed by atoms with Gasteiger partial charge in [-0.15, -0.1) is 0 Å². The van der Waals surface area contributed by atoms with E-state index in [1.165, 1.54) is 0 Å². The molecule has 3 aromatic rings. The average Bonchev–Trinajstić information content (AvgIpc) is 3.35. The Kier molecular flexibility index (Phi) is 5.06. The molecule has 0 spiro atoms. The first kappa shape index (κ1) is 19.1. The largest absolute Gasteiger partial charge is 0.458 e. The SMILES string of the molecule is Cc1cc(C)n(-c2cc(NC(=O)O[C@@H]3CCN(C)C3)nc(-c3ccc(C)o3)n2)n1. The zero-order valence-electron chi connectivity index (χ0n) is 17.0. The number of aromatic nitrogens is 4. The third-order valence-electron chi connectivity index (χ3n) is 4.75. The molecule has 152 valence electrons. The topological polar surface area (TPSA) is 98.3 Å². The Bertz CT molecular complexity index is 1040. The van der Waals surface area contributed by atoms with Crippen LogP contribution in [0.4, 0.5) is 10.6 Å². The molecule has 1 aliphatic heterocycles. The molecule has 0 bridgehead atoms. The molecule has 0 aromatic carbocycles. The van der Waals surface area contributed by atoms with Crippen molar-refractivity contribution in [2.45, 2.75) is 33.3 Å². The summed E-state index contributed by atoms with van der Waals surface area (Å²) in [6.07, 6.45) is 0.163. The van der Waals surface area contributed by atoms with Gasteiger partial charge in [0.05, 0.1) is 5.69 Å². The zero-order chi connectivity index (χ0) is 20.5. The molecular weight excluding hydrogens is 372 g/mol. The van der Waals surface area contributed by atoms with Gasteiger partial charge in [-0.1, -0.05) is 0 Å². The van der Waals surface area contributed by atoms with Gasteiger partial charge in [0, 0.05) is 24.8 Å². The number of amides is 1. The highest BCUT2D eigenvalue weighted by Crippen LogP contribution is 2.23. The van der Waals surface area contributed by atoms with Crippen LogP contribution in [0.5, 0.6) is 0 Å². The van der Waals surface area contributed by atoms with Crippen LogP contribution in [0.3, 0.4) is 0 Å². The second-order valence-corrected chi connectivity index (χ2v) is 7.39. The summed E-state index contributed by atoms with van der Waals surface area (Å²) in [6.45, 7) is 7.34. The van der Waals surface area contributed by atoms with E-state index in [-0.39, 0.29) is 6.10 Å². The quantitative estimate of drug-likeness (QED) is 0.723. The van der Waals surface area contributed by atoms with Crippen LogP contribution in [0.1, 0.15) is 23.6 Å². The highest BCUT2D eigenvalue weighted by Gasteiger charge is 2.23. The predicted octanol–water partition coefficient (Wildman–Crippen LogP) is 3.10. The summed E-state index contributed by atoms with van der Waals surface area (Å²) >= 11 is 0. The number of carbonyl (C=O) groups is 1. The third kappa shape index (κ3) is 4.29. The number of likely N-dealkylation sites (N-methyl/N-ethyl adjacent to an activating group) is 1. The average molecular weight is 396 g/mol. The van der Waals surface area contributed by atoms with Gasteiger partial charge >= 0.3 is 6.09 Å². The van der Waals surface area contributed by atoms with E-state index >= 15 is 0 Å². The standard InChI is InChI=1S/C20H24N6O3/c1-12-9-13(2)26(24-12)18-10-17(21-19(23-18)16-6-5-14(3)28-16)22-20(27)29-15-7-8-25(4)11-15/h5-6,9-10,15H,7-8,11H2,1-4H3,(H,21,22,23,27)/t15-/m1/s1. The number of likely N-dealkylation sites (tertiary alicyclic amines) is 1. The van der Waals surface area contributed by atoms with Crippen molar-refractivity contribution in [2.75, 3.05) is 25.5 Å². The van der Waals surface area contributed by atoms with E-state index in [1.54, 1.807) is 16.8 Å². The van der Waals surface area contributed by atoms with Crippen molar-refractivity contribution < 1.29 is 13.9 Å². The zero-order valence-corrected chi connectivity index (χ0v) is 17.0. The van der Waals surface area contributed by atoms with Gasteiger partial charge in [0.15, 0.2) is 17.4 Å². The number of hydrogen-bond donors (Lipinski definition) is 1. The van der Waals surface area contributed by atoms with E-state index in [2.05, 4.69) is 25.3 Å². The van der Waals surface area contributed by atoms with E-state index < -0.39 is 6.09 Å². The van der Waals surface area contributed by atoms with Crippen LogP contribution in [-0.4, -0.2) is 57.0 Å². The smallest absolute Gasteiger partial charge is 0.413 e. The molecule has 1 saturated heterocycles. The Balaban J connectivity index is 1.64. The Hall–Kier alpha value is -3.20. The summed E-state index contributed by atoms with van der Waals surface area (Å²) in [4.78, 5) is 23.5. The van der Waals surface area contributed by atoms with Crippen molar-refractivity contribution in [3.63, 3.8) is 0 Å². The number of rotatable bonds is 4. The summed E-state index contributed by atoms with van der Waals surface area (Å²) in [6, 6.07) is 7.26. The number of furan rings is 1. The fourth-order valence-electron chi connectivity index (χ4n) is 3.41. The van der Waals surface area contributed by atoms with Crippen LogP contribution < -0.4 is 5.32 Å². The minimum Gasteiger partial charge on any atom is -0.458 e. The fraction of sp³-hybridized carbons (Fsp3) is 0.400. The minimum absolute atomic E-state index is 0.121. The lowest BCUT2D eigenvalue weighted by Gasteiger charge is -2.13. The molecule has 0 aliphatic carbocycles. The molecule has 1 N–H and O–H groups in total. The van der Waals surface area contributed by atoms with E-state index in [4.69, 9.17) is 9.15 Å². The number of hydrogen-bond acceptors (Lipinski definition) is 7. The van der Waals surface area contributed by atoms with Gasteiger partial charge in [-0.2, -0.15) is 5.10 Å². The molecule has 1 fully saturated rings. The summed E-state index contributed by atoms with van der Waals surface area (Å²) in [7, 11) is 2.00. The maximum Gasteiger partial charge on any atom is 0.413 e. The normalized spacial score (nSPS) is 16.9. The first-order chi connectivity index (χ1) is 13.9. The molecule has 29 heavy (non-hydrogen) atoms. The lowest BCUT2D eigenvalue weighted by Crippen LogP contribution is -2.25. The van der Waals surface area contributed by atoms with Gasteiger partial charge in [0.25, 0.3) is 0 Å². The highest BCUT2D eigenvalue weighted by molar-refractivity contribution is 5.84. The van der Waals surface area contributed by atoms with Gasteiger partial charge < -0.3 is 14.1 Å². The number of anilines is 1. The molecule has 0 radical (unpaired) electrons. The Morgan fingerprint density at radius 1 is 1.24 bits per heavy atom.